The van der Waals surface area contributed by atoms with Gasteiger partial charge in [0, 0.05) is 29.2 Å². The summed E-state index contributed by atoms with van der Waals surface area (Å²) in [6.45, 7) is 7.71. The van der Waals surface area contributed by atoms with Crippen molar-refractivity contribution in [3.8, 4) is 0 Å². The number of hydrogen-bond donors (Lipinski definition) is 1. The summed E-state index contributed by atoms with van der Waals surface area (Å²) in [7, 11) is 0. The van der Waals surface area contributed by atoms with Crippen LogP contribution in [0.15, 0.2) is 24.3 Å². The summed E-state index contributed by atoms with van der Waals surface area (Å²) in [5, 5.41) is 4.86. The number of aromatic nitrogens is 1. The largest absolute Gasteiger partial charge is 0.384 e. The number of nitrogens with zero attached hydrogens (tertiary/aromatic N) is 1. The molecule has 0 saturated heterocycles. The van der Waals surface area contributed by atoms with E-state index in [0.29, 0.717) is 11.8 Å². The Morgan fingerprint density at radius 3 is 2.70 bits per heavy atom. The van der Waals surface area contributed by atoms with Gasteiger partial charge in [-0.25, -0.2) is 0 Å². The minimum atomic E-state index is 0.557. The Morgan fingerprint density at radius 2 is 2.05 bits per heavy atom. The van der Waals surface area contributed by atoms with Crippen molar-refractivity contribution in [2.75, 3.05) is 11.9 Å². The maximum atomic E-state index is 4.87. The van der Waals surface area contributed by atoms with Gasteiger partial charge in [0.05, 0.1) is 5.52 Å². The third-order valence-corrected chi connectivity index (χ3v) is 4.08. The zero-order valence-corrected chi connectivity index (χ0v) is 12.7. The average Bonchev–Trinajstić information content (AvgIpc) is 3.28. The van der Waals surface area contributed by atoms with Crippen molar-refractivity contribution >= 4 is 16.6 Å². The van der Waals surface area contributed by atoms with Gasteiger partial charge < -0.3 is 5.32 Å². The molecule has 0 radical (unpaired) electrons. The van der Waals surface area contributed by atoms with Crippen molar-refractivity contribution < 1.29 is 0 Å². The van der Waals surface area contributed by atoms with Crippen molar-refractivity contribution in [2.45, 2.75) is 51.9 Å². The Morgan fingerprint density at radius 1 is 1.25 bits per heavy atom. The Balaban J connectivity index is 2.09. The molecule has 2 aromatic rings. The molecule has 0 spiro atoms. The van der Waals surface area contributed by atoms with Crippen molar-refractivity contribution in [1.29, 1.82) is 0 Å². The van der Waals surface area contributed by atoms with E-state index in [9.17, 15) is 0 Å². The van der Waals surface area contributed by atoms with Crippen molar-refractivity contribution in [3.63, 3.8) is 0 Å². The number of fused-ring (bicyclic) bond motifs is 1. The molecule has 1 aliphatic rings. The molecule has 106 valence electrons. The van der Waals surface area contributed by atoms with Crippen LogP contribution in [0.5, 0.6) is 0 Å². The van der Waals surface area contributed by atoms with Crippen LogP contribution in [0.3, 0.4) is 0 Å². The molecular formula is C18H24N2. The minimum Gasteiger partial charge on any atom is -0.384 e. The summed E-state index contributed by atoms with van der Waals surface area (Å²) >= 11 is 0. The van der Waals surface area contributed by atoms with Gasteiger partial charge in [-0.2, -0.15) is 0 Å². The molecule has 1 saturated carbocycles. The number of pyridine rings is 1. The Kier molecular flexibility index (Phi) is 3.64. The zero-order chi connectivity index (χ0) is 14.1. The van der Waals surface area contributed by atoms with E-state index in [4.69, 9.17) is 4.98 Å². The van der Waals surface area contributed by atoms with E-state index in [1.807, 2.05) is 0 Å². The summed E-state index contributed by atoms with van der Waals surface area (Å²) in [6.07, 6.45) is 3.75. The number of anilines is 1. The van der Waals surface area contributed by atoms with Crippen LogP contribution in [-0.2, 0) is 0 Å². The second kappa shape index (κ2) is 5.43. The van der Waals surface area contributed by atoms with E-state index < -0.39 is 0 Å². The normalized spacial score (nSPS) is 15.0. The first-order valence-corrected chi connectivity index (χ1v) is 7.87. The highest BCUT2D eigenvalue weighted by Crippen LogP contribution is 2.41. The molecule has 0 bridgehead atoms. The summed E-state index contributed by atoms with van der Waals surface area (Å²) in [5.41, 5.74) is 5.06. The third kappa shape index (κ3) is 2.65. The molecule has 2 heteroatoms. The molecule has 1 heterocycles. The topological polar surface area (TPSA) is 24.9 Å². The lowest BCUT2D eigenvalue weighted by molar-refractivity contribution is 0.868. The summed E-state index contributed by atoms with van der Waals surface area (Å²) in [6, 6.07) is 9.00. The number of benzene rings is 1. The maximum absolute atomic E-state index is 4.87. The van der Waals surface area contributed by atoms with Gasteiger partial charge in [0.1, 0.15) is 0 Å². The highest BCUT2D eigenvalue weighted by Gasteiger charge is 2.26. The van der Waals surface area contributed by atoms with E-state index >= 15 is 0 Å². The third-order valence-electron chi connectivity index (χ3n) is 4.08. The van der Waals surface area contributed by atoms with Gasteiger partial charge >= 0.3 is 0 Å². The van der Waals surface area contributed by atoms with Gasteiger partial charge in [-0.3, -0.25) is 4.98 Å². The van der Waals surface area contributed by atoms with Gasteiger partial charge in [0.15, 0.2) is 0 Å². The molecule has 1 fully saturated rings. The lowest BCUT2D eigenvalue weighted by Gasteiger charge is -2.13. The lowest BCUT2D eigenvalue weighted by atomic mass is 10.00. The van der Waals surface area contributed by atoms with Crippen LogP contribution in [0.1, 0.15) is 63.1 Å². The molecule has 1 N–H and O–H groups in total. The van der Waals surface area contributed by atoms with Gasteiger partial charge in [-0.1, -0.05) is 26.8 Å². The van der Waals surface area contributed by atoms with E-state index in [1.54, 1.807) is 0 Å². The predicted octanol–water partition coefficient (Wildman–Crippen LogP) is 5.06. The van der Waals surface area contributed by atoms with Gasteiger partial charge in [-0.15, -0.1) is 0 Å². The number of hydrogen-bond acceptors (Lipinski definition) is 2. The van der Waals surface area contributed by atoms with Crippen LogP contribution < -0.4 is 5.32 Å². The molecule has 3 rings (SSSR count). The first-order valence-electron chi connectivity index (χ1n) is 7.87. The molecule has 20 heavy (non-hydrogen) atoms. The van der Waals surface area contributed by atoms with Crippen molar-refractivity contribution in [3.05, 3.63) is 35.5 Å². The smallest absolute Gasteiger partial charge is 0.0726 e. The number of nitrogens with one attached hydrogen (secondary N) is 1. The fourth-order valence-corrected chi connectivity index (χ4v) is 2.62. The second-order valence-corrected chi connectivity index (χ2v) is 6.23. The summed E-state index contributed by atoms with van der Waals surface area (Å²) in [5.74, 6) is 1.26. The summed E-state index contributed by atoms with van der Waals surface area (Å²) in [4.78, 5) is 4.87. The predicted molar refractivity (Wildman–Crippen MR) is 86.6 cm³/mol. The van der Waals surface area contributed by atoms with Gasteiger partial charge in [0.2, 0.25) is 0 Å². The average molecular weight is 268 g/mol. The monoisotopic (exact) mass is 268 g/mol. The van der Waals surface area contributed by atoms with Crippen molar-refractivity contribution in [1.82, 2.24) is 4.98 Å². The molecule has 0 amide bonds. The first-order chi connectivity index (χ1) is 9.69. The highest BCUT2D eigenvalue weighted by atomic mass is 14.9. The molecule has 2 nitrogen and oxygen atoms in total. The SMILES string of the molecule is CCCNc1cc(C2CC2)nc2ccc(C(C)C)cc12. The molecular weight excluding hydrogens is 244 g/mol. The Labute approximate surface area is 121 Å². The van der Waals surface area contributed by atoms with E-state index in [0.717, 1.165) is 18.5 Å². The van der Waals surface area contributed by atoms with Gasteiger partial charge in [-0.05, 0) is 48.9 Å². The quantitative estimate of drug-likeness (QED) is 0.820. The van der Waals surface area contributed by atoms with Gasteiger partial charge in [0.25, 0.3) is 0 Å². The summed E-state index contributed by atoms with van der Waals surface area (Å²) < 4.78 is 0. The van der Waals surface area contributed by atoms with E-state index in [1.165, 1.54) is 35.2 Å². The molecule has 0 unspecified atom stereocenters. The van der Waals surface area contributed by atoms with Crippen LogP contribution in [0.4, 0.5) is 5.69 Å². The standard InChI is InChI=1S/C18H24N2/c1-4-9-19-18-11-17(13-5-6-13)20-16-8-7-14(12(2)3)10-15(16)18/h7-8,10-13H,4-6,9H2,1-3H3,(H,19,20). The molecule has 1 aromatic heterocycles. The van der Waals surface area contributed by atoms with E-state index in [2.05, 4.69) is 50.4 Å². The molecule has 1 aromatic carbocycles. The fourth-order valence-electron chi connectivity index (χ4n) is 2.62. The fraction of sp³-hybridized carbons (Fsp3) is 0.500. The van der Waals surface area contributed by atoms with Crippen LogP contribution >= 0.6 is 0 Å². The highest BCUT2D eigenvalue weighted by molar-refractivity contribution is 5.92. The minimum absolute atomic E-state index is 0.557. The molecule has 1 aliphatic carbocycles. The van der Waals surface area contributed by atoms with E-state index in [-0.39, 0.29) is 0 Å². The van der Waals surface area contributed by atoms with Crippen LogP contribution in [-0.4, -0.2) is 11.5 Å². The lowest BCUT2D eigenvalue weighted by Crippen LogP contribution is -2.03. The molecule has 0 aliphatic heterocycles. The second-order valence-electron chi connectivity index (χ2n) is 6.23. The zero-order valence-electron chi connectivity index (χ0n) is 12.7. The Bertz CT molecular complexity index is 612. The van der Waals surface area contributed by atoms with Crippen molar-refractivity contribution in [2.24, 2.45) is 0 Å². The van der Waals surface area contributed by atoms with Crippen LogP contribution in [0.25, 0.3) is 10.9 Å². The first kappa shape index (κ1) is 13.4. The maximum Gasteiger partial charge on any atom is 0.0726 e. The van der Waals surface area contributed by atoms with Crippen LogP contribution in [0, 0.1) is 0 Å². The molecule has 0 atom stereocenters. The van der Waals surface area contributed by atoms with Crippen LogP contribution in [0.2, 0.25) is 0 Å². The number of rotatable bonds is 5. The Hall–Kier alpha value is -1.57.